The lowest BCUT2D eigenvalue weighted by Crippen LogP contribution is -2.59. The molecule has 168 valence electrons. The molecule has 0 spiro atoms. The van der Waals surface area contributed by atoms with E-state index in [0.29, 0.717) is 6.29 Å². The number of ether oxygens (including phenoxy) is 2. The van der Waals surface area contributed by atoms with E-state index in [2.05, 4.69) is 4.74 Å². The third-order valence-electron chi connectivity index (χ3n) is 3.42. The number of aldehydes is 1. The lowest BCUT2D eigenvalue weighted by Gasteiger charge is -2.31. The molecule has 30 heavy (non-hydrogen) atoms. The Balaban J connectivity index is 2.63. The van der Waals surface area contributed by atoms with Gasteiger partial charge < -0.3 is 9.47 Å². The minimum atomic E-state index is -6.52. The molecule has 1 aromatic carbocycles. The van der Waals surface area contributed by atoms with Crippen LogP contribution in [0.5, 0.6) is 5.75 Å². The summed E-state index contributed by atoms with van der Waals surface area (Å²) in [5.41, 5.74) is -0.139. The minimum absolute atomic E-state index is 0.135. The molecule has 0 heterocycles. The molecule has 0 aromatic heterocycles. The first-order chi connectivity index (χ1) is 13.7. The molecular weight excluding hydrogens is 460 g/mol. The van der Waals surface area contributed by atoms with Gasteiger partial charge in [0.15, 0.2) is 12.9 Å². The Morgan fingerprint density at radius 3 is 2.13 bits per heavy atom. The van der Waals surface area contributed by atoms with Crippen LogP contribution in [0.4, 0.5) is 35.1 Å². The molecule has 0 N–H and O–H groups in total. The van der Waals surface area contributed by atoms with Gasteiger partial charge in [-0.2, -0.15) is 26.3 Å². The summed E-state index contributed by atoms with van der Waals surface area (Å²) in [7, 11) is 0. The second kappa shape index (κ2) is 9.58. The quantitative estimate of drug-likeness (QED) is 0.217. The van der Waals surface area contributed by atoms with E-state index in [4.69, 9.17) is 16.3 Å². The summed E-state index contributed by atoms with van der Waals surface area (Å²) in [5, 5.41) is 0.135. The van der Waals surface area contributed by atoms with E-state index in [9.17, 15) is 49.5 Å². The van der Waals surface area contributed by atoms with Crippen LogP contribution in [-0.4, -0.2) is 49.0 Å². The SMILES string of the molecule is O=Cc1cc(Cl)ccc1OC(=O)CCC(=O)OCC(F)(F)C(F)(F)C(F)(F)C(F)F. The van der Waals surface area contributed by atoms with Gasteiger partial charge in [-0.25, -0.2) is 8.78 Å². The zero-order valence-corrected chi connectivity index (χ0v) is 15.2. The van der Waals surface area contributed by atoms with Crippen LogP contribution in [0.2, 0.25) is 5.02 Å². The van der Waals surface area contributed by atoms with E-state index in [1.54, 1.807) is 0 Å². The van der Waals surface area contributed by atoms with Crippen molar-refractivity contribution in [3.05, 3.63) is 28.8 Å². The normalized spacial score (nSPS) is 12.6. The van der Waals surface area contributed by atoms with Crippen molar-refractivity contribution in [2.24, 2.45) is 0 Å². The van der Waals surface area contributed by atoms with Crippen LogP contribution in [0.15, 0.2) is 18.2 Å². The van der Waals surface area contributed by atoms with Crippen molar-refractivity contribution < 1.29 is 59.0 Å². The maximum atomic E-state index is 13.2. The zero-order valence-electron chi connectivity index (χ0n) is 14.5. The average molecular weight is 471 g/mol. The molecule has 0 saturated heterocycles. The van der Waals surface area contributed by atoms with Gasteiger partial charge in [0.2, 0.25) is 0 Å². The van der Waals surface area contributed by atoms with Crippen LogP contribution in [-0.2, 0) is 14.3 Å². The highest BCUT2D eigenvalue weighted by atomic mass is 35.5. The van der Waals surface area contributed by atoms with Gasteiger partial charge in [-0.15, -0.1) is 0 Å². The van der Waals surface area contributed by atoms with Crippen molar-refractivity contribution in [1.29, 1.82) is 0 Å². The van der Waals surface area contributed by atoms with E-state index in [1.165, 1.54) is 6.07 Å². The molecule has 5 nitrogen and oxygen atoms in total. The van der Waals surface area contributed by atoms with Crippen LogP contribution in [0.25, 0.3) is 0 Å². The van der Waals surface area contributed by atoms with Crippen molar-refractivity contribution in [1.82, 2.24) is 0 Å². The Morgan fingerprint density at radius 1 is 1.03 bits per heavy atom. The fourth-order valence-corrected chi connectivity index (χ4v) is 1.98. The smallest absolute Gasteiger partial charge is 0.381 e. The van der Waals surface area contributed by atoms with E-state index in [-0.39, 0.29) is 16.3 Å². The molecule has 0 unspecified atom stereocenters. The largest absolute Gasteiger partial charge is 0.459 e. The average Bonchev–Trinajstić information content (AvgIpc) is 2.65. The van der Waals surface area contributed by atoms with Gasteiger partial charge in [0.1, 0.15) is 5.75 Å². The fraction of sp³-hybridized carbons (Fsp3) is 0.438. The van der Waals surface area contributed by atoms with Crippen molar-refractivity contribution in [2.75, 3.05) is 6.61 Å². The molecule has 1 rings (SSSR count). The first-order valence-electron chi connectivity index (χ1n) is 7.68. The van der Waals surface area contributed by atoms with Gasteiger partial charge in [0.05, 0.1) is 18.4 Å². The predicted octanol–water partition coefficient (Wildman–Crippen LogP) is 4.55. The Hall–Kier alpha value is -2.44. The van der Waals surface area contributed by atoms with Gasteiger partial charge in [0, 0.05) is 5.02 Å². The van der Waals surface area contributed by atoms with Crippen molar-refractivity contribution in [3.63, 3.8) is 0 Å². The monoisotopic (exact) mass is 470 g/mol. The van der Waals surface area contributed by atoms with Crippen LogP contribution >= 0.6 is 11.6 Å². The molecule has 0 aliphatic rings. The minimum Gasteiger partial charge on any atom is -0.459 e. The molecule has 14 heteroatoms. The lowest BCUT2D eigenvalue weighted by molar-refractivity contribution is -0.344. The van der Waals surface area contributed by atoms with Gasteiger partial charge in [-0.3, -0.25) is 14.4 Å². The summed E-state index contributed by atoms with van der Waals surface area (Å²) in [6.07, 6.45) is -6.65. The highest BCUT2D eigenvalue weighted by molar-refractivity contribution is 6.30. The summed E-state index contributed by atoms with van der Waals surface area (Å²) in [4.78, 5) is 33.8. The molecule has 0 bridgehead atoms. The van der Waals surface area contributed by atoms with Gasteiger partial charge in [-0.05, 0) is 18.2 Å². The van der Waals surface area contributed by atoms with Crippen molar-refractivity contribution in [3.8, 4) is 5.75 Å². The van der Waals surface area contributed by atoms with E-state index >= 15 is 0 Å². The van der Waals surface area contributed by atoms with E-state index in [0.717, 1.165) is 12.1 Å². The van der Waals surface area contributed by atoms with Crippen molar-refractivity contribution >= 4 is 29.8 Å². The molecule has 0 saturated carbocycles. The molecule has 0 aliphatic heterocycles. The molecule has 0 aliphatic carbocycles. The Morgan fingerprint density at radius 2 is 1.60 bits per heavy atom. The number of rotatable bonds is 10. The van der Waals surface area contributed by atoms with E-state index < -0.39 is 55.6 Å². The number of esters is 2. The zero-order chi connectivity index (χ0) is 23.3. The predicted molar refractivity (Wildman–Crippen MR) is 83.5 cm³/mol. The number of hydrogen-bond donors (Lipinski definition) is 0. The fourth-order valence-electron chi connectivity index (χ4n) is 1.80. The second-order valence-electron chi connectivity index (χ2n) is 5.64. The third kappa shape index (κ3) is 5.80. The Labute approximate surface area is 167 Å². The van der Waals surface area contributed by atoms with Crippen LogP contribution in [0.3, 0.4) is 0 Å². The van der Waals surface area contributed by atoms with Gasteiger partial charge in [0.25, 0.3) is 0 Å². The summed E-state index contributed by atoms with van der Waals surface area (Å²) in [6, 6.07) is 3.53. The van der Waals surface area contributed by atoms with Gasteiger partial charge >= 0.3 is 36.1 Å². The number of carbonyl (C=O) groups excluding carboxylic acids is 3. The lowest BCUT2D eigenvalue weighted by atomic mass is 10.1. The van der Waals surface area contributed by atoms with Gasteiger partial charge in [-0.1, -0.05) is 11.6 Å². The molecule has 0 atom stereocenters. The van der Waals surface area contributed by atoms with Crippen LogP contribution in [0, 0.1) is 0 Å². The van der Waals surface area contributed by atoms with Crippen LogP contribution in [0.1, 0.15) is 23.2 Å². The molecule has 1 aromatic rings. The number of alkyl halides is 8. The van der Waals surface area contributed by atoms with E-state index in [1.807, 2.05) is 0 Å². The summed E-state index contributed by atoms with van der Waals surface area (Å²) >= 11 is 5.62. The summed E-state index contributed by atoms with van der Waals surface area (Å²) in [5.74, 6) is -21.9. The first-order valence-corrected chi connectivity index (χ1v) is 8.06. The number of benzene rings is 1. The molecule has 0 fully saturated rings. The number of hydrogen-bond acceptors (Lipinski definition) is 5. The highest BCUT2D eigenvalue weighted by Gasteiger charge is 2.75. The topological polar surface area (TPSA) is 69.7 Å². The number of carbonyl (C=O) groups is 3. The Kier molecular flexibility index (Phi) is 8.17. The summed E-state index contributed by atoms with van der Waals surface area (Å²) in [6.45, 7) is -2.64. The molecular formula is C16H11ClF8O5. The molecule has 0 radical (unpaired) electrons. The van der Waals surface area contributed by atoms with Crippen LogP contribution < -0.4 is 4.74 Å². The first kappa shape index (κ1) is 25.6. The number of halogens is 9. The van der Waals surface area contributed by atoms with Crippen molar-refractivity contribution in [2.45, 2.75) is 37.0 Å². The second-order valence-corrected chi connectivity index (χ2v) is 6.07. The summed E-state index contributed by atoms with van der Waals surface area (Å²) < 4.78 is 110. The standard InChI is InChI=1S/C16H11ClF8O5/c17-9-1-2-10(8(5-9)6-26)30-12(28)4-3-11(27)29-7-14(20,21)16(24,25)15(22,23)13(18)19/h1-2,5-6,13H,3-4,7H2. The Bertz CT molecular complexity index is 800. The molecule has 0 amide bonds. The third-order valence-corrected chi connectivity index (χ3v) is 3.66. The highest BCUT2D eigenvalue weighted by Crippen LogP contribution is 2.48. The maximum Gasteiger partial charge on any atom is 0.381 e. The maximum absolute atomic E-state index is 13.2.